The van der Waals surface area contributed by atoms with E-state index in [0.29, 0.717) is 18.4 Å². The standard InChI is InChI=1S/C16H23N5/c1-12-4-3-7-20(9-12)16(17)18-8-14-11-21-10-13(2)5-6-15(21)19-14/h5-6,10-12H,3-4,7-9H2,1-2H3,(H2,17,18). The fourth-order valence-electron chi connectivity index (χ4n) is 2.89. The number of nitrogens with two attached hydrogens (primary N) is 1. The molecule has 1 unspecified atom stereocenters. The molecule has 1 aliphatic heterocycles. The van der Waals surface area contributed by atoms with E-state index in [2.05, 4.69) is 41.0 Å². The van der Waals surface area contributed by atoms with Gasteiger partial charge in [-0.25, -0.2) is 9.98 Å². The second-order valence-electron chi connectivity index (χ2n) is 6.07. The summed E-state index contributed by atoms with van der Waals surface area (Å²) in [5, 5.41) is 0. The zero-order valence-corrected chi connectivity index (χ0v) is 12.8. The highest BCUT2D eigenvalue weighted by Gasteiger charge is 2.17. The molecule has 1 fully saturated rings. The molecule has 1 atom stereocenters. The molecule has 0 bridgehead atoms. The van der Waals surface area contributed by atoms with Crippen LogP contribution in [0.3, 0.4) is 0 Å². The van der Waals surface area contributed by atoms with Gasteiger partial charge in [0.25, 0.3) is 0 Å². The molecular weight excluding hydrogens is 262 g/mol. The highest BCUT2D eigenvalue weighted by atomic mass is 15.3. The van der Waals surface area contributed by atoms with Gasteiger partial charge in [-0.1, -0.05) is 13.0 Å². The maximum atomic E-state index is 6.12. The quantitative estimate of drug-likeness (QED) is 0.679. The van der Waals surface area contributed by atoms with Crippen molar-refractivity contribution >= 4 is 11.6 Å². The highest BCUT2D eigenvalue weighted by Crippen LogP contribution is 2.15. The molecule has 0 amide bonds. The number of aliphatic imine (C=N–C) groups is 1. The predicted molar refractivity (Wildman–Crippen MR) is 85.2 cm³/mol. The second-order valence-corrected chi connectivity index (χ2v) is 6.07. The largest absolute Gasteiger partial charge is 0.370 e. The van der Waals surface area contributed by atoms with E-state index < -0.39 is 0 Å². The Morgan fingerprint density at radius 3 is 3.10 bits per heavy atom. The molecule has 1 saturated heterocycles. The first-order valence-corrected chi connectivity index (χ1v) is 7.61. The number of likely N-dealkylation sites (tertiary alicyclic amines) is 1. The number of hydrogen-bond acceptors (Lipinski definition) is 2. The molecule has 1 aliphatic rings. The van der Waals surface area contributed by atoms with Crippen LogP contribution < -0.4 is 5.73 Å². The monoisotopic (exact) mass is 285 g/mol. The molecule has 3 rings (SSSR count). The first-order valence-electron chi connectivity index (χ1n) is 7.61. The summed E-state index contributed by atoms with van der Waals surface area (Å²) in [5.41, 5.74) is 9.24. The van der Waals surface area contributed by atoms with Gasteiger partial charge in [-0.2, -0.15) is 0 Å². The van der Waals surface area contributed by atoms with E-state index >= 15 is 0 Å². The van der Waals surface area contributed by atoms with Crippen LogP contribution in [0.25, 0.3) is 5.65 Å². The normalized spacial score (nSPS) is 20.2. The smallest absolute Gasteiger partial charge is 0.191 e. The molecule has 5 nitrogen and oxygen atoms in total. The van der Waals surface area contributed by atoms with E-state index in [-0.39, 0.29) is 0 Å². The van der Waals surface area contributed by atoms with Crippen molar-refractivity contribution < 1.29 is 0 Å². The van der Waals surface area contributed by atoms with Crippen LogP contribution in [-0.2, 0) is 6.54 Å². The number of guanidine groups is 1. The number of hydrogen-bond donors (Lipinski definition) is 1. The van der Waals surface area contributed by atoms with Gasteiger partial charge in [0.1, 0.15) is 5.65 Å². The third kappa shape index (κ3) is 3.17. The van der Waals surface area contributed by atoms with E-state index in [1.54, 1.807) is 0 Å². The molecule has 2 aromatic heterocycles. The molecule has 112 valence electrons. The number of aromatic nitrogens is 2. The number of piperidine rings is 1. The van der Waals surface area contributed by atoms with Crippen LogP contribution in [-0.4, -0.2) is 33.3 Å². The molecule has 3 heterocycles. The molecule has 2 N–H and O–H groups in total. The minimum absolute atomic E-state index is 0.539. The van der Waals surface area contributed by atoms with Crippen LogP contribution in [0.1, 0.15) is 31.0 Å². The van der Waals surface area contributed by atoms with Gasteiger partial charge in [0.05, 0.1) is 12.2 Å². The Hall–Kier alpha value is -2.04. The zero-order valence-electron chi connectivity index (χ0n) is 12.8. The third-order valence-electron chi connectivity index (χ3n) is 4.03. The zero-order chi connectivity index (χ0) is 14.8. The first kappa shape index (κ1) is 13.9. The lowest BCUT2D eigenvalue weighted by Crippen LogP contribution is -2.43. The lowest BCUT2D eigenvalue weighted by atomic mass is 10.0. The minimum atomic E-state index is 0.539. The summed E-state index contributed by atoms with van der Waals surface area (Å²) >= 11 is 0. The van der Waals surface area contributed by atoms with Crippen LogP contribution in [0.5, 0.6) is 0 Å². The number of fused-ring (bicyclic) bond motifs is 1. The van der Waals surface area contributed by atoms with Gasteiger partial charge >= 0.3 is 0 Å². The number of aryl methyl sites for hydroxylation is 1. The Morgan fingerprint density at radius 2 is 2.29 bits per heavy atom. The van der Waals surface area contributed by atoms with E-state index in [9.17, 15) is 0 Å². The van der Waals surface area contributed by atoms with E-state index in [1.165, 1.54) is 18.4 Å². The summed E-state index contributed by atoms with van der Waals surface area (Å²) in [5.74, 6) is 1.35. The Balaban J connectivity index is 1.71. The van der Waals surface area contributed by atoms with Crippen molar-refractivity contribution in [2.75, 3.05) is 13.1 Å². The highest BCUT2D eigenvalue weighted by molar-refractivity contribution is 5.78. The van der Waals surface area contributed by atoms with Crippen LogP contribution in [0.15, 0.2) is 29.5 Å². The third-order valence-corrected chi connectivity index (χ3v) is 4.03. The predicted octanol–water partition coefficient (Wildman–Crippen LogP) is 2.19. The second kappa shape index (κ2) is 5.76. The van der Waals surface area contributed by atoms with Crippen molar-refractivity contribution in [3.05, 3.63) is 35.8 Å². The van der Waals surface area contributed by atoms with Crippen LogP contribution in [0.4, 0.5) is 0 Å². The number of pyridine rings is 1. The number of nitrogens with zero attached hydrogens (tertiary/aromatic N) is 4. The SMILES string of the molecule is Cc1ccc2nc(CN=C(N)N3CCCC(C)C3)cn2c1. The Morgan fingerprint density at radius 1 is 1.43 bits per heavy atom. The first-order chi connectivity index (χ1) is 10.1. The summed E-state index contributed by atoms with van der Waals surface area (Å²) < 4.78 is 2.04. The van der Waals surface area contributed by atoms with Crippen molar-refractivity contribution in [3.8, 4) is 0 Å². The maximum Gasteiger partial charge on any atom is 0.191 e. The van der Waals surface area contributed by atoms with Gasteiger partial charge in [0, 0.05) is 25.5 Å². The Labute approximate surface area is 125 Å². The summed E-state index contributed by atoms with van der Waals surface area (Å²) in [4.78, 5) is 11.3. The van der Waals surface area contributed by atoms with Crippen LogP contribution >= 0.6 is 0 Å². The average molecular weight is 285 g/mol. The maximum absolute atomic E-state index is 6.12. The molecule has 0 spiro atoms. The number of imidazole rings is 1. The van der Waals surface area contributed by atoms with Gasteiger partial charge < -0.3 is 15.0 Å². The summed E-state index contributed by atoms with van der Waals surface area (Å²) in [6.45, 7) is 6.91. The van der Waals surface area contributed by atoms with Crippen molar-refractivity contribution in [2.24, 2.45) is 16.6 Å². The molecule has 5 heteroatoms. The molecule has 2 aromatic rings. The fourth-order valence-corrected chi connectivity index (χ4v) is 2.89. The van der Waals surface area contributed by atoms with Gasteiger partial charge in [-0.15, -0.1) is 0 Å². The van der Waals surface area contributed by atoms with Gasteiger partial charge in [0.2, 0.25) is 0 Å². The average Bonchev–Trinajstić information content (AvgIpc) is 2.86. The lowest BCUT2D eigenvalue weighted by molar-refractivity contribution is 0.270. The lowest BCUT2D eigenvalue weighted by Gasteiger charge is -2.31. The van der Waals surface area contributed by atoms with Crippen molar-refractivity contribution in [1.82, 2.24) is 14.3 Å². The molecule has 21 heavy (non-hydrogen) atoms. The van der Waals surface area contributed by atoms with Gasteiger partial charge in [-0.3, -0.25) is 0 Å². The van der Waals surface area contributed by atoms with E-state index in [0.717, 1.165) is 24.4 Å². The number of rotatable bonds is 2. The molecule has 0 radical (unpaired) electrons. The van der Waals surface area contributed by atoms with Gasteiger partial charge in [-0.05, 0) is 37.3 Å². The van der Waals surface area contributed by atoms with E-state index in [4.69, 9.17) is 5.73 Å². The van der Waals surface area contributed by atoms with Crippen LogP contribution in [0, 0.1) is 12.8 Å². The molecule has 0 aromatic carbocycles. The summed E-state index contributed by atoms with van der Waals surface area (Å²) in [7, 11) is 0. The fraction of sp³-hybridized carbons (Fsp3) is 0.500. The van der Waals surface area contributed by atoms with Crippen molar-refractivity contribution in [3.63, 3.8) is 0 Å². The van der Waals surface area contributed by atoms with E-state index in [1.807, 2.05) is 16.7 Å². The summed E-state index contributed by atoms with van der Waals surface area (Å²) in [6.07, 6.45) is 6.59. The Kier molecular flexibility index (Phi) is 3.82. The molecule has 0 aliphatic carbocycles. The van der Waals surface area contributed by atoms with Gasteiger partial charge in [0.15, 0.2) is 5.96 Å². The molecular formula is C16H23N5. The van der Waals surface area contributed by atoms with Crippen molar-refractivity contribution in [2.45, 2.75) is 33.2 Å². The minimum Gasteiger partial charge on any atom is -0.370 e. The Bertz CT molecular complexity index is 658. The summed E-state index contributed by atoms with van der Waals surface area (Å²) in [6, 6.07) is 4.09. The topological polar surface area (TPSA) is 58.9 Å². The molecule has 0 saturated carbocycles. The van der Waals surface area contributed by atoms with Crippen LogP contribution in [0.2, 0.25) is 0 Å². The van der Waals surface area contributed by atoms with Crippen molar-refractivity contribution in [1.29, 1.82) is 0 Å².